The Bertz CT molecular complexity index is 875. The number of halogens is 1. The molecule has 7 nitrogen and oxygen atoms in total. The van der Waals surface area contributed by atoms with Crippen molar-refractivity contribution in [1.29, 1.82) is 0 Å². The fraction of sp³-hybridized carbons (Fsp3) is 0.421. The summed E-state index contributed by atoms with van der Waals surface area (Å²) in [6.45, 7) is 4.14. The Balaban J connectivity index is 2.07. The van der Waals surface area contributed by atoms with Crippen molar-refractivity contribution in [3.8, 4) is 0 Å². The van der Waals surface area contributed by atoms with Crippen LogP contribution in [0.25, 0.3) is 0 Å². The number of allylic oxidation sites excluding steroid dienone is 1. The number of carbonyl (C=O) groups is 2. The molecule has 10 heteroatoms. The SMILES string of the molecule is CCCC1=C(C(=O)OCC)SC2(SC(C(=O)OC)=NN2c2ccc(Br)cc2)N1C. The van der Waals surface area contributed by atoms with Crippen LogP contribution in [0.1, 0.15) is 26.7 Å². The number of thioether (sulfide) groups is 2. The molecule has 0 aromatic heterocycles. The lowest BCUT2D eigenvalue weighted by atomic mass is 10.2. The van der Waals surface area contributed by atoms with Crippen LogP contribution in [-0.4, -0.2) is 47.0 Å². The Labute approximate surface area is 187 Å². The minimum absolute atomic E-state index is 0.232. The van der Waals surface area contributed by atoms with Crippen molar-refractivity contribution in [2.75, 3.05) is 25.8 Å². The normalized spacial score (nSPS) is 21.1. The Kier molecular flexibility index (Phi) is 6.85. The molecule has 0 N–H and O–H groups in total. The number of methoxy groups -OCH3 is 1. The molecule has 0 fully saturated rings. The maximum absolute atomic E-state index is 12.7. The van der Waals surface area contributed by atoms with E-state index in [1.54, 1.807) is 11.9 Å². The van der Waals surface area contributed by atoms with Gasteiger partial charge in [-0.1, -0.05) is 41.0 Å². The third kappa shape index (κ3) is 4.02. The lowest BCUT2D eigenvalue weighted by Crippen LogP contribution is -2.47. The van der Waals surface area contributed by atoms with Crippen molar-refractivity contribution >= 4 is 62.1 Å². The highest BCUT2D eigenvalue weighted by Gasteiger charge is 2.57. The Hall–Kier alpha value is -1.65. The molecule has 0 aliphatic carbocycles. The van der Waals surface area contributed by atoms with E-state index in [-0.39, 0.29) is 11.0 Å². The number of hydrogen-bond acceptors (Lipinski definition) is 9. The molecule has 29 heavy (non-hydrogen) atoms. The van der Waals surface area contributed by atoms with E-state index < -0.39 is 10.3 Å². The minimum atomic E-state index is -0.857. The third-order valence-corrected chi connectivity index (χ3v) is 7.89. The maximum Gasteiger partial charge on any atom is 0.365 e. The molecule has 1 aromatic carbocycles. The van der Waals surface area contributed by atoms with Crippen LogP contribution in [0.4, 0.5) is 5.69 Å². The second kappa shape index (κ2) is 9.01. The van der Waals surface area contributed by atoms with Gasteiger partial charge in [0, 0.05) is 17.2 Å². The van der Waals surface area contributed by atoms with Gasteiger partial charge in [-0.25, -0.2) is 14.6 Å². The second-order valence-electron chi connectivity index (χ2n) is 6.24. The number of nitrogens with zero attached hydrogens (tertiary/aromatic N) is 3. The van der Waals surface area contributed by atoms with Crippen LogP contribution in [0.5, 0.6) is 0 Å². The van der Waals surface area contributed by atoms with E-state index in [1.165, 1.54) is 30.6 Å². The Morgan fingerprint density at radius 1 is 1.17 bits per heavy atom. The zero-order valence-electron chi connectivity index (χ0n) is 16.6. The molecule has 0 bridgehead atoms. The lowest BCUT2D eigenvalue weighted by Gasteiger charge is -2.39. The highest BCUT2D eigenvalue weighted by molar-refractivity contribution is 9.10. The molecule has 3 rings (SSSR count). The Morgan fingerprint density at radius 2 is 1.86 bits per heavy atom. The maximum atomic E-state index is 12.7. The van der Waals surface area contributed by atoms with Crippen LogP contribution >= 0.6 is 39.5 Å². The lowest BCUT2D eigenvalue weighted by molar-refractivity contribution is -0.137. The fourth-order valence-electron chi connectivity index (χ4n) is 3.05. The summed E-state index contributed by atoms with van der Waals surface area (Å²) in [6.07, 6.45) is 1.58. The number of hydrogen-bond donors (Lipinski definition) is 0. The number of carbonyl (C=O) groups excluding carboxylic acids is 2. The van der Waals surface area contributed by atoms with Crippen molar-refractivity contribution in [1.82, 2.24) is 4.90 Å². The first-order chi connectivity index (χ1) is 13.9. The van der Waals surface area contributed by atoms with E-state index in [4.69, 9.17) is 9.47 Å². The number of esters is 2. The van der Waals surface area contributed by atoms with E-state index in [1.807, 2.05) is 36.2 Å². The van der Waals surface area contributed by atoms with Gasteiger partial charge >= 0.3 is 11.9 Å². The van der Waals surface area contributed by atoms with E-state index in [0.29, 0.717) is 17.9 Å². The summed E-state index contributed by atoms with van der Waals surface area (Å²) in [5.41, 5.74) is 1.67. The predicted octanol–water partition coefficient (Wildman–Crippen LogP) is 4.35. The quantitative estimate of drug-likeness (QED) is 0.534. The van der Waals surface area contributed by atoms with E-state index in [2.05, 4.69) is 28.0 Å². The number of anilines is 1. The molecule has 1 atom stereocenters. The first-order valence-corrected chi connectivity index (χ1v) is 11.5. The topological polar surface area (TPSA) is 71.4 Å². The average molecular weight is 500 g/mol. The zero-order valence-corrected chi connectivity index (χ0v) is 19.8. The highest BCUT2D eigenvalue weighted by atomic mass is 79.9. The zero-order chi connectivity index (χ0) is 21.2. The van der Waals surface area contributed by atoms with Crippen molar-refractivity contribution in [2.24, 2.45) is 5.10 Å². The van der Waals surface area contributed by atoms with Gasteiger partial charge < -0.3 is 14.4 Å². The summed E-state index contributed by atoms with van der Waals surface area (Å²) in [7, 11) is 3.25. The first kappa shape index (κ1) is 22.0. The van der Waals surface area contributed by atoms with Gasteiger partial charge in [-0.3, -0.25) is 0 Å². The summed E-state index contributed by atoms with van der Waals surface area (Å²) in [4.78, 5) is 27.5. The molecule has 0 amide bonds. The summed E-state index contributed by atoms with van der Waals surface area (Å²) < 4.78 is 10.3. The van der Waals surface area contributed by atoms with E-state index in [9.17, 15) is 9.59 Å². The first-order valence-electron chi connectivity index (χ1n) is 9.12. The number of rotatable bonds is 6. The molecule has 0 radical (unpaired) electrons. The van der Waals surface area contributed by atoms with Crippen LogP contribution in [0, 0.1) is 0 Å². The largest absolute Gasteiger partial charge is 0.464 e. The van der Waals surface area contributed by atoms with Gasteiger partial charge in [0.25, 0.3) is 0 Å². The van der Waals surface area contributed by atoms with Crippen molar-refractivity contribution in [3.05, 3.63) is 39.3 Å². The predicted molar refractivity (Wildman–Crippen MR) is 120 cm³/mol. The van der Waals surface area contributed by atoms with Gasteiger partial charge in [0.2, 0.25) is 9.37 Å². The number of ether oxygens (including phenoxy) is 2. The minimum Gasteiger partial charge on any atom is -0.464 e. The van der Waals surface area contributed by atoms with E-state index >= 15 is 0 Å². The van der Waals surface area contributed by atoms with Crippen molar-refractivity contribution in [2.45, 2.75) is 31.0 Å². The van der Waals surface area contributed by atoms with Crippen LogP contribution in [0.15, 0.2) is 44.4 Å². The smallest absolute Gasteiger partial charge is 0.365 e. The van der Waals surface area contributed by atoms with Gasteiger partial charge in [-0.15, -0.1) is 0 Å². The molecule has 2 heterocycles. The molecule has 156 valence electrons. The summed E-state index contributed by atoms with van der Waals surface area (Å²) >= 11 is 6.06. The molecule has 1 spiro atoms. The fourth-order valence-corrected chi connectivity index (χ4v) is 6.23. The molecule has 2 aliphatic rings. The van der Waals surface area contributed by atoms with Crippen LogP contribution in [0.3, 0.4) is 0 Å². The van der Waals surface area contributed by atoms with E-state index in [0.717, 1.165) is 22.3 Å². The van der Waals surface area contributed by atoms with Crippen molar-refractivity contribution in [3.63, 3.8) is 0 Å². The number of hydrazone groups is 1. The van der Waals surface area contributed by atoms with Crippen LogP contribution in [-0.2, 0) is 19.1 Å². The molecule has 0 saturated heterocycles. The summed E-state index contributed by atoms with van der Waals surface area (Å²) in [5, 5.41) is 6.56. The third-order valence-electron chi connectivity index (χ3n) is 4.39. The standard InChI is InChI=1S/C19H22BrN3O4S2/c1-5-7-14-15(17(24)27-6-2)28-19(22(14)3)23(13-10-8-12(20)9-11-13)21-16(29-19)18(25)26-4/h8-11H,5-7H2,1-4H3. The number of benzene rings is 1. The van der Waals surface area contributed by atoms with Gasteiger partial charge in [0.15, 0.2) is 0 Å². The van der Waals surface area contributed by atoms with Crippen LogP contribution in [0.2, 0.25) is 0 Å². The summed E-state index contributed by atoms with van der Waals surface area (Å²) in [6, 6.07) is 7.63. The molecule has 2 aliphatic heterocycles. The van der Waals surface area contributed by atoms with Gasteiger partial charge in [0.05, 0.1) is 19.4 Å². The van der Waals surface area contributed by atoms with Crippen molar-refractivity contribution < 1.29 is 19.1 Å². The molecular formula is C19H22BrN3O4S2. The molecular weight excluding hydrogens is 478 g/mol. The highest BCUT2D eigenvalue weighted by Crippen LogP contribution is 2.59. The Morgan fingerprint density at radius 3 is 2.45 bits per heavy atom. The van der Waals surface area contributed by atoms with Gasteiger partial charge in [-0.05, 0) is 49.4 Å². The van der Waals surface area contributed by atoms with Crippen LogP contribution < -0.4 is 5.01 Å². The molecule has 1 unspecified atom stereocenters. The second-order valence-corrected chi connectivity index (χ2v) is 9.76. The average Bonchev–Trinajstić information content (AvgIpc) is 3.23. The van der Waals surface area contributed by atoms with Gasteiger partial charge in [-0.2, -0.15) is 5.10 Å². The summed E-state index contributed by atoms with van der Waals surface area (Å²) in [5.74, 6) is -0.864. The molecule has 1 aromatic rings. The monoisotopic (exact) mass is 499 g/mol. The molecule has 0 saturated carbocycles. The van der Waals surface area contributed by atoms with Gasteiger partial charge in [0.1, 0.15) is 4.91 Å².